The molecule has 1 N–H and O–H groups in total. The van der Waals surface area contributed by atoms with Crippen molar-refractivity contribution in [2.75, 3.05) is 31.6 Å². The molecule has 0 bridgehead atoms. The van der Waals surface area contributed by atoms with Crippen molar-refractivity contribution in [2.45, 2.75) is 56.9 Å². The lowest BCUT2D eigenvalue weighted by molar-refractivity contribution is -0.385. The number of ether oxygens (including phenoxy) is 1. The molecule has 3 fully saturated rings. The fourth-order valence-electron chi connectivity index (χ4n) is 4.65. The zero-order chi connectivity index (χ0) is 18.1. The summed E-state index contributed by atoms with van der Waals surface area (Å²) < 4.78 is 5.33. The monoisotopic (exact) mass is 359 g/mol. The molecule has 0 spiro atoms. The Hall–Kier alpha value is -1.82. The van der Waals surface area contributed by atoms with Crippen LogP contribution in [0.25, 0.3) is 0 Å². The van der Waals surface area contributed by atoms with E-state index >= 15 is 0 Å². The highest BCUT2D eigenvalue weighted by molar-refractivity contribution is 5.66. The largest absolute Gasteiger partial charge is 0.490 e. The smallest absolute Gasteiger partial charge is 0.311 e. The first-order valence-electron chi connectivity index (χ1n) is 10.0. The number of benzene rings is 1. The van der Waals surface area contributed by atoms with Gasteiger partial charge in [0.15, 0.2) is 5.75 Å². The third-order valence-corrected chi connectivity index (χ3v) is 6.28. The predicted octanol–water partition coefficient (Wildman–Crippen LogP) is 3.84. The molecular weight excluding hydrogens is 330 g/mol. The predicted molar refractivity (Wildman–Crippen MR) is 102 cm³/mol. The summed E-state index contributed by atoms with van der Waals surface area (Å²) in [5.41, 5.74) is 2.40. The Balaban J connectivity index is 1.49. The number of rotatable bonds is 6. The summed E-state index contributed by atoms with van der Waals surface area (Å²) in [6.45, 7) is 3.26. The lowest BCUT2D eigenvalue weighted by atomic mass is 9.89. The van der Waals surface area contributed by atoms with Crippen LogP contribution in [0.1, 0.15) is 56.4 Å². The molecule has 2 aliphatic heterocycles. The molecule has 4 rings (SSSR count). The summed E-state index contributed by atoms with van der Waals surface area (Å²) in [7, 11) is 1.52. The van der Waals surface area contributed by atoms with Crippen molar-refractivity contribution in [1.82, 2.24) is 5.32 Å². The molecule has 3 aliphatic rings. The second-order valence-corrected chi connectivity index (χ2v) is 8.07. The highest BCUT2D eigenvalue weighted by Gasteiger charge is 2.33. The fraction of sp³-hybridized carbons (Fsp3) is 0.700. The Morgan fingerprint density at radius 3 is 2.58 bits per heavy atom. The molecule has 1 unspecified atom stereocenters. The Morgan fingerprint density at radius 2 is 2.00 bits per heavy atom. The molecule has 1 aliphatic carbocycles. The zero-order valence-corrected chi connectivity index (χ0v) is 15.6. The number of nitrogens with zero attached hydrogens (tertiary/aromatic N) is 2. The Morgan fingerprint density at radius 1 is 1.23 bits per heavy atom. The van der Waals surface area contributed by atoms with Crippen LogP contribution in [0.2, 0.25) is 0 Å². The molecule has 1 atom stereocenters. The van der Waals surface area contributed by atoms with Gasteiger partial charge in [0, 0.05) is 37.0 Å². The van der Waals surface area contributed by atoms with Gasteiger partial charge < -0.3 is 15.0 Å². The highest BCUT2D eigenvalue weighted by Crippen LogP contribution is 2.48. The number of hydrogen-bond acceptors (Lipinski definition) is 5. The van der Waals surface area contributed by atoms with Crippen LogP contribution in [0.4, 0.5) is 11.4 Å². The standard InChI is InChI=1S/C20H29N3O3/c1-26-20-13-18(17(15-4-5-15)12-19(20)23(24)25)22-9-6-14(7-10-22)11-16-3-2-8-21-16/h12-16,21H,2-11H2,1H3. The number of anilines is 1. The number of nitro groups is 1. The van der Waals surface area contributed by atoms with E-state index in [9.17, 15) is 10.1 Å². The Labute approximate surface area is 155 Å². The minimum Gasteiger partial charge on any atom is -0.490 e. The second-order valence-electron chi connectivity index (χ2n) is 8.07. The van der Waals surface area contributed by atoms with Crippen LogP contribution in [0.15, 0.2) is 12.1 Å². The van der Waals surface area contributed by atoms with Crippen LogP contribution in [0, 0.1) is 16.0 Å². The van der Waals surface area contributed by atoms with E-state index in [1.165, 1.54) is 45.8 Å². The van der Waals surface area contributed by atoms with Gasteiger partial charge in [-0.25, -0.2) is 0 Å². The van der Waals surface area contributed by atoms with Crippen molar-refractivity contribution in [3.63, 3.8) is 0 Å². The maximum atomic E-state index is 11.4. The molecule has 1 saturated carbocycles. The average Bonchev–Trinajstić information content (AvgIpc) is 3.38. The molecule has 142 valence electrons. The summed E-state index contributed by atoms with van der Waals surface area (Å²) in [6.07, 6.45) is 8.64. The lowest BCUT2D eigenvalue weighted by Gasteiger charge is -2.36. The summed E-state index contributed by atoms with van der Waals surface area (Å²) in [4.78, 5) is 13.5. The quantitative estimate of drug-likeness (QED) is 0.617. The number of hydrogen-bond donors (Lipinski definition) is 1. The minimum absolute atomic E-state index is 0.0975. The molecule has 0 amide bonds. The van der Waals surface area contributed by atoms with Crippen LogP contribution >= 0.6 is 0 Å². The molecular formula is C20H29N3O3. The summed E-state index contributed by atoms with van der Waals surface area (Å²) in [6, 6.07) is 4.39. The van der Waals surface area contributed by atoms with Gasteiger partial charge >= 0.3 is 5.69 Å². The molecule has 2 saturated heterocycles. The number of nitro benzene ring substituents is 1. The van der Waals surface area contributed by atoms with Crippen LogP contribution in [-0.4, -0.2) is 37.7 Å². The summed E-state index contributed by atoms with van der Waals surface area (Å²) in [5.74, 6) is 1.66. The molecule has 6 nitrogen and oxygen atoms in total. The average molecular weight is 359 g/mol. The van der Waals surface area contributed by atoms with Crippen molar-refractivity contribution in [3.8, 4) is 5.75 Å². The third kappa shape index (κ3) is 3.65. The van der Waals surface area contributed by atoms with Gasteiger partial charge in [0.25, 0.3) is 0 Å². The van der Waals surface area contributed by atoms with Gasteiger partial charge in [0.05, 0.1) is 12.0 Å². The fourth-order valence-corrected chi connectivity index (χ4v) is 4.65. The first-order valence-corrected chi connectivity index (χ1v) is 10.0. The first-order chi connectivity index (χ1) is 12.7. The number of piperidine rings is 1. The van der Waals surface area contributed by atoms with E-state index in [0.29, 0.717) is 17.7 Å². The third-order valence-electron chi connectivity index (χ3n) is 6.28. The molecule has 2 heterocycles. The van der Waals surface area contributed by atoms with Crippen molar-refractivity contribution in [3.05, 3.63) is 27.8 Å². The van der Waals surface area contributed by atoms with Crippen LogP contribution in [-0.2, 0) is 0 Å². The summed E-state index contributed by atoms with van der Waals surface area (Å²) >= 11 is 0. The Bertz CT molecular complexity index is 661. The zero-order valence-electron chi connectivity index (χ0n) is 15.6. The maximum Gasteiger partial charge on any atom is 0.311 e. The van der Waals surface area contributed by atoms with E-state index < -0.39 is 0 Å². The lowest BCUT2D eigenvalue weighted by Crippen LogP contribution is -2.36. The molecule has 26 heavy (non-hydrogen) atoms. The van der Waals surface area contributed by atoms with Gasteiger partial charge in [-0.3, -0.25) is 10.1 Å². The maximum absolute atomic E-state index is 11.4. The van der Waals surface area contributed by atoms with E-state index in [4.69, 9.17) is 4.74 Å². The van der Waals surface area contributed by atoms with E-state index in [0.717, 1.165) is 43.1 Å². The van der Waals surface area contributed by atoms with E-state index in [1.807, 2.05) is 6.07 Å². The molecule has 0 aromatic heterocycles. The first kappa shape index (κ1) is 17.6. The second kappa shape index (κ2) is 7.43. The molecule has 1 aromatic carbocycles. The van der Waals surface area contributed by atoms with Crippen LogP contribution in [0.5, 0.6) is 5.75 Å². The van der Waals surface area contributed by atoms with Gasteiger partial charge in [-0.2, -0.15) is 0 Å². The SMILES string of the molecule is COc1cc(N2CCC(CC3CCCN3)CC2)c(C2CC2)cc1[N+](=O)[O-]. The van der Waals surface area contributed by atoms with E-state index in [2.05, 4.69) is 10.2 Å². The molecule has 6 heteroatoms. The van der Waals surface area contributed by atoms with Gasteiger partial charge in [0.2, 0.25) is 0 Å². The van der Waals surface area contributed by atoms with Gasteiger partial charge in [-0.15, -0.1) is 0 Å². The number of methoxy groups -OCH3 is 1. The van der Waals surface area contributed by atoms with Gasteiger partial charge in [-0.1, -0.05) is 0 Å². The van der Waals surface area contributed by atoms with Crippen molar-refractivity contribution in [2.24, 2.45) is 5.92 Å². The topological polar surface area (TPSA) is 67.6 Å². The minimum atomic E-state index is -0.324. The normalized spacial score (nSPS) is 24.0. The van der Waals surface area contributed by atoms with E-state index in [1.54, 1.807) is 6.07 Å². The van der Waals surface area contributed by atoms with Crippen molar-refractivity contribution in [1.29, 1.82) is 0 Å². The van der Waals surface area contributed by atoms with Crippen LogP contribution in [0.3, 0.4) is 0 Å². The van der Waals surface area contributed by atoms with Gasteiger partial charge in [-0.05, 0) is 68.9 Å². The highest BCUT2D eigenvalue weighted by atomic mass is 16.6. The molecule has 1 aromatic rings. The van der Waals surface area contributed by atoms with Crippen LogP contribution < -0.4 is 15.0 Å². The summed E-state index contributed by atoms with van der Waals surface area (Å²) in [5, 5.41) is 15.0. The number of nitrogens with one attached hydrogen (secondary N) is 1. The van der Waals surface area contributed by atoms with E-state index in [-0.39, 0.29) is 10.6 Å². The van der Waals surface area contributed by atoms with Gasteiger partial charge in [0.1, 0.15) is 0 Å². The van der Waals surface area contributed by atoms with Crippen molar-refractivity contribution < 1.29 is 9.66 Å². The van der Waals surface area contributed by atoms with Crippen molar-refractivity contribution >= 4 is 11.4 Å². The molecule has 0 radical (unpaired) electrons. The Kier molecular flexibility index (Phi) is 5.02.